The fraction of sp³-hybridized carbons (Fsp3) is 0.579. The fourth-order valence-corrected chi connectivity index (χ4v) is 3.24. The summed E-state index contributed by atoms with van der Waals surface area (Å²) < 4.78 is 11.3. The standard InChI is InChI=1S/C19H25NO5/c1-24-17-11-13(8-9-16(17)25-14-4-2-3-5-14)18(21)20-15(19(22)23)10-12-6-7-12/h8-9,11-12,14-15H,2-7,10H2,1H3,(H,20,21)(H,22,23). The van der Waals surface area contributed by atoms with Crippen LogP contribution in [0, 0.1) is 5.92 Å². The number of carbonyl (C=O) groups is 2. The van der Waals surface area contributed by atoms with Crippen molar-refractivity contribution in [2.24, 2.45) is 5.92 Å². The molecule has 2 aliphatic rings. The molecule has 2 fully saturated rings. The average molecular weight is 347 g/mol. The molecule has 0 aromatic heterocycles. The molecule has 1 aromatic carbocycles. The number of benzene rings is 1. The third-order valence-corrected chi connectivity index (χ3v) is 4.89. The smallest absolute Gasteiger partial charge is 0.326 e. The Morgan fingerprint density at radius 2 is 1.92 bits per heavy atom. The minimum absolute atomic E-state index is 0.198. The first-order chi connectivity index (χ1) is 12.1. The normalized spacial score (nSPS) is 18.6. The van der Waals surface area contributed by atoms with Gasteiger partial charge in [-0.15, -0.1) is 0 Å². The van der Waals surface area contributed by atoms with Gasteiger partial charge in [-0.25, -0.2) is 4.79 Å². The van der Waals surface area contributed by atoms with Gasteiger partial charge in [0.1, 0.15) is 6.04 Å². The average Bonchev–Trinajstić information content (AvgIpc) is 3.27. The Bertz CT molecular complexity index is 635. The number of hydrogen-bond donors (Lipinski definition) is 2. The van der Waals surface area contributed by atoms with Crippen LogP contribution in [0.2, 0.25) is 0 Å². The van der Waals surface area contributed by atoms with E-state index < -0.39 is 17.9 Å². The SMILES string of the molecule is COc1cc(C(=O)NC(CC2CC2)C(=O)O)ccc1OC1CCCC1. The molecule has 25 heavy (non-hydrogen) atoms. The molecular formula is C19H25NO5. The van der Waals surface area contributed by atoms with E-state index in [1.807, 2.05) is 0 Å². The van der Waals surface area contributed by atoms with E-state index in [4.69, 9.17) is 9.47 Å². The molecule has 0 heterocycles. The zero-order valence-corrected chi connectivity index (χ0v) is 14.5. The molecule has 1 unspecified atom stereocenters. The number of carboxylic acids is 1. The zero-order valence-electron chi connectivity index (χ0n) is 14.5. The van der Waals surface area contributed by atoms with Crippen LogP contribution in [0.3, 0.4) is 0 Å². The van der Waals surface area contributed by atoms with Crippen molar-refractivity contribution in [3.63, 3.8) is 0 Å². The van der Waals surface area contributed by atoms with E-state index in [9.17, 15) is 14.7 Å². The maximum atomic E-state index is 12.4. The molecular weight excluding hydrogens is 322 g/mol. The summed E-state index contributed by atoms with van der Waals surface area (Å²) >= 11 is 0. The van der Waals surface area contributed by atoms with E-state index in [2.05, 4.69) is 5.32 Å². The molecule has 1 amide bonds. The Hall–Kier alpha value is -2.24. The first kappa shape index (κ1) is 17.6. The Kier molecular flexibility index (Phi) is 5.46. The van der Waals surface area contributed by atoms with Gasteiger partial charge < -0.3 is 19.9 Å². The third-order valence-electron chi connectivity index (χ3n) is 4.89. The van der Waals surface area contributed by atoms with Crippen molar-refractivity contribution in [1.29, 1.82) is 0 Å². The van der Waals surface area contributed by atoms with Gasteiger partial charge in [0.2, 0.25) is 0 Å². The molecule has 1 aromatic rings. The Morgan fingerprint density at radius 1 is 1.20 bits per heavy atom. The maximum Gasteiger partial charge on any atom is 0.326 e. The van der Waals surface area contributed by atoms with Crippen LogP contribution in [0.1, 0.15) is 55.3 Å². The molecule has 0 spiro atoms. The van der Waals surface area contributed by atoms with Crippen molar-refractivity contribution in [2.45, 2.75) is 57.1 Å². The number of methoxy groups -OCH3 is 1. The lowest BCUT2D eigenvalue weighted by molar-refractivity contribution is -0.139. The van der Waals surface area contributed by atoms with E-state index in [1.54, 1.807) is 18.2 Å². The van der Waals surface area contributed by atoms with E-state index in [1.165, 1.54) is 20.0 Å². The van der Waals surface area contributed by atoms with Gasteiger partial charge in [0, 0.05) is 5.56 Å². The molecule has 0 saturated heterocycles. The molecule has 2 saturated carbocycles. The number of hydrogen-bond acceptors (Lipinski definition) is 4. The highest BCUT2D eigenvalue weighted by Crippen LogP contribution is 2.34. The van der Waals surface area contributed by atoms with Crippen molar-refractivity contribution >= 4 is 11.9 Å². The summed E-state index contributed by atoms with van der Waals surface area (Å²) in [5.41, 5.74) is 0.373. The molecule has 1 atom stereocenters. The number of amides is 1. The summed E-state index contributed by atoms with van der Waals surface area (Å²) in [5.74, 6) is 0.137. The summed E-state index contributed by atoms with van der Waals surface area (Å²) in [5, 5.41) is 11.9. The second-order valence-electron chi connectivity index (χ2n) is 6.93. The van der Waals surface area contributed by atoms with Crippen molar-refractivity contribution in [3.8, 4) is 11.5 Å². The lowest BCUT2D eigenvalue weighted by Gasteiger charge is -2.17. The minimum atomic E-state index is -0.992. The Morgan fingerprint density at radius 3 is 2.52 bits per heavy atom. The molecule has 0 radical (unpaired) electrons. The van der Waals surface area contributed by atoms with E-state index in [0.717, 1.165) is 25.7 Å². The zero-order chi connectivity index (χ0) is 17.8. The highest BCUT2D eigenvalue weighted by molar-refractivity contribution is 5.97. The first-order valence-electron chi connectivity index (χ1n) is 8.95. The van der Waals surface area contributed by atoms with Crippen LogP contribution < -0.4 is 14.8 Å². The van der Waals surface area contributed by atoms with Crippen LogP contribution in [0.15, 0.2) is 18.2 Å². The highest BCUT2D eigenvalue weighted by atomic mass is 16.5. The van der Waals surface area contributed by atoms with Gasteiger partial charge in [-0.1, -0.05) is 12.8 Å². The van der Waals surface area contributed by atoms with Gasteiger partial charge in [-0.2, -0.15) is 0 Å². The van der Waals surface area contributed by atoms with Crippen molar-refractivity contribution in [2.75, 3.05) is 7.11 Å². The summed E-state index contributed by atoms with van der Waals surface area (Å²) in [7, 11) is 1.53. The third kappa shape index (κ3) is 4.65. The lowest BCUT2D eigenvalue weighted by Crippen LogP contribution is -2.41. The monoisotopic (exact) mass is 347 g/mol. The van der Waals surface area contributed by atoms with Crippen LogP contribution in [0.25, 0.3) is 0 Å². The predicted octanol–water partition coefficient (Wildman–Crippen LogP) is 3.00. The number of carboxylic acid groups (broad SMARTS) is 1. The molecule has 2 N–H and O–H groups in total. The second-order valence-corrected chi connectivity index (χ2v) is 6.93. The summed E-state index contributed by atoms with van der Waals surface area (Å²) in [4.78, 5) is 23.8. The van der Waals surface area contributed by atoms with Crippen LogP contribution in [0.4, 0.5) is 0 Å². The minimum Gasteiger partial charge on any atom is -0.493 e. The molecule has 0 aliphatic heterocycles. The first-order valence-corrected chi connectivity index (χ1v) is 8.95. The Labute approximate surface area is 147 Å². The topological polar surface area (TPSA) is 84.9 Å². The molecule has 6 nitrogen and oxygen atoms in total. The summed E-state index contributed by atoms with van der Waals surface area (Å²) in [6, 6.07) is 4.14. The second kappa shape index (κ2) is 7.76. The molecule has 136 valence electrons. The van der Waals surface area contributed by atoms with E-state index in [-0.39, 0.29) is 6.10 Å². The molecule has 0 bridgehead atoms. The number of aliphatic carboxylic acids is 1. The van der Waals surface area contributed by atoms with Gasteiger partial charge in [-0.05, 0) is 56.2 Å². The lowest BCUT2D eigenvalue weighted by atomic mass is 10.1. The van der Waals surface area contributed by atoms with Crippen LogP contribution in [-0.2, 0) is 4.79 Å². The van der Waals surface area contributed by atoms with Gasteiger partial charge in [0.05, 0.1) is 13.2 Å². The van der Waals surface area contributed by atoms with Crippen molar-refractivity contribution < 1.29 is 24.2 Å². The molecule has 6 heteroatoms. The highest BCUT2D eigenvalue weighted by Gasteiger charge is 2.30. The number of carbonyl (C=O) groups excluding carboxylic acids is 1. The van der Waals surface area contributed by atoms with Crippen molar-refractivity contribution in [1.82, 2.24) is 5.32 Å². The van der Waals surface area contributed by atoms with Gasteiger partial charge >= 0.3 is 5.97 Å². The van der Waals surface area contributed by atoms with Gasteiger partial charge in [0.15, 0.2) is 11.5 Å². The summed E-state index contributed by atoms with van der Waals surface area (Å²) in [6.07, 6.45) is 7.18. The quantitative estimate of drug-likeness (QED) is 0.755. The number of ether oxygens (including phenoxy) is 2. The van der Waals surface area contributed by atoms with Crippen LogP contribution in [-0.4, -0.2) is 36.2 Å². The van der Waals surface area contributed by atoms with E-state index in [0.29, 0.717) is 29.4 Å². The van der Waals surface area contributed by atoms with Gasteiger partial charge in [0.25, 0.3) is 5.91 Å². The van der Waals surface area contributed by atoms with Gasteiger partial charge in [-0.3, -0.25) is 4.79 Å². The predicted molar refractivity (Wildman–Crippen MR) is 92.1 cm³/mol. The molecule has 3 rings (SSSR count). The molecule has 2 aliphatic carbocycles. The number of nitrogens with one attached hydrogen (secondary N) is 1. The number of rotatable bonds is 8. The largest absolute Gasteiger partial charge is 0.493 e. The van der Waals surface area contributed by atoms with Crippen LogP contribution in [0.5, 0.6) is 11.5 Å². The van der Waals surface area contributed by atoms with E-state index >= 15 is 0 Å². The maximum absolute atomic E-state index is 12.4. The Balaban J connectivity index is 1.67. The fourth-order valence-electron chi connectivity index (χ4n) is 3.24. The summed E-state index contributed by atoms with van der Waals surface area (Å²) in [6.45, 7) is 0. The van der Waals surface area contributed by atoms with Crippen molar-refractivity contribution in [3.05, 3.63) is 23.8 Å². The van der Waals surface area contributed by atoms with Crippen LogP contribution >= 0.6 is 0 Å².